The van der Waals surface area contributed by atoms with Crippen molar-refractivity contribution in [1.82, 2.24) is 15.2 Å². The average Bonchev–Trinajstić information content (AvgIpc) is 3.19. The number of carbonyl (C=O) groups is 1. The fourth-order valence-corrected chi connectivity index (χ4v) is 4.04. The zero-order valence-corrected chi connectivity index (χ0v) is 18.0. The van der Waals surface area contributed by atoms with Crippen LogP contribution in [0.4, 0.5) is 11.6 Å². The molecular weight excluding hydrogens is 398 g/mol. The van der Waals surface area contributed by atoms with E-state index in [4.69, 9.17) is 0 Å². The SMILES string of the molecule is Cc1nnc(NCc2cccc(NC(=O)c3cccc4c3Cc3ccccc3-4)c2)nc1C. The van der Waals surface area contributed by atoms with Gasteiger partial charge < -0.3 is 10.6 Å². The summed E-state index contributed by atoms with van der Waals surface area (Å²) in [5.74, 6) is 0.392. The van der Waals surface area contributed by atoms with E-state index in [1.54, 1.807) is 0 Å². The number of rotatable bonds is 5. The number of amides is 1. The van der Waals surface area contributed by atoms with Gasteiger partial charge in [0.25, 0.3) is 5.91 Å². The maximum atomic E-state index is 13.1. The minimum Gasteiger partial charge on any atom is -0.349 e. The van der Waals surface area contributed by atoms with Crippen LogP contribution in [0.2, 0.25) is 0 Å². The molecule has 4 aromatic rings. The number of hydrogen-bond donors (Lipinski definition) is 2. The van der Waals surface area contributed by atoms with Crippen molar-refractivity contribution in [2.24, 2.45) is 0 Å². The molecular formula is C26H23N5O. The molecule has 0 fully saturated rings. The Morgan fingerprint density at radius 1 is 0.906 bits per heavy atom. The van der Waals surface area contributed by atoms with E-state index in [0.717, 1.165) is 45.7 Å². The minimum absolute atomic E-state index is 0.0959. The second-order valence-corrected chi connectivity index (χ2v) is 7.98. The van der Waals surface area contributed by atoms with Crippen LogP contribution in [0.15, 0.2) is 66.7 Å². The molecule has 1 aliphatic rings. The zero-order chi connectivity index (χ0) is 22.1. The first-order valence-electron chi connectivity index (χ1n) is 10.6. The zero-order valence-electron chi connectivity index (χ0n) is 18.0. The Bertz CT molecular complexity index is 1330. The highest BCUT2D eigenvalue weighted by molar-refractivity contribution is 6.07. The van der Waals surface area contributed by atoms with E-state index in [1.807, 2.05) is 62.4 Å². The van der Waals surface area contributed by atoms with Gasteiger partial charge in [0.1, 0.15) is 0 Å². The van der Waals surface area contributed by atoms with Crippen molar-refractivity contribution in [3.8, 4) is 11.1 Å². The second-order valence-electron chi connectivity index (χ2n) is 7.98. The van der Waals surface area contributed by atoms with Crippen LogP contribution in [0.3, 0.4) is 0 Å². The molecule has 0 spiro atoms. The Morgan fingerprint density at radius 2 is 1.72 bits per heavy atom. The monoisotopic (exact) mass is 421 g/mol. The van der Waals surface area contributed by atoms with Crippen LogP contribution in [-0.2, 0) is 13.0 Å². The van der Waals surface area contributed by atoms with Gasteiger partial charge in [-0.2, -0.15) is 5.10 Å². The third kappa shape index (κ3) is 3.83. The van der Waals surface area contributed by atoms with Crippen molar-refractivity contribution in [2.45, 2.75) is 26.8 Å². The Morgan fingerprint density at radius 3 is 2.59 bits per heavy atom. The fourth-order valence-electron chi connectivity index (χ4n) is 4.04. The van der Waals surface area contributed by atoms with Crippen molar-refractivity contribution < 1.29 is 4.79 Å². The molecule has 1 amide bonds. The van der Waals surface area contributed by atoms with Crippen molar-refractivity contribution in [3.05, 3.63) is 100 Å². The minimum atomic E-state index is -0.0959. The molecule has 158 valence electrons. The van der Waals surface area contributed by atoms with E-state index in [2.05, 4.69) is 44.0 Å². The third-order valence-corrected chi connectivity index (χ3v) is 5.82. The molecule has 1 aromatic heterocycles. The molecule has 32 heavy (non-hydrogen) atoms. The van der Waals surface area contributed by atoms with Gasteiger partial charge in [0.05, 0.1) is 11.4 Å². The molecule has 5 rings (SSSR count). The predicted molar refractivity (Wildman–Crippen MR) is 126 cm³/mol. The molecule has 0 aliphatic heterocycles. The van der Waals surface area contributed by atoms with Crippen LogP contribution < -0.4 is 10.6 Å². The summed E-state index contributed by atoms with van der Waals surface area (Å²) in [5.41, 5.74) is 8.86. The lowest BCUT2D eigenvalue weighted by Crippen LogP contribution is -2.14. The Labute approximate surface area is 186 Å². The highest BCUT2D eigenvalue weighted by Crippen LogP contribution is 2.38. The normalized spacial score (nSPS) is 11.6. The van der Waals surface area contributed by atoms with Crippen molar-refractivity contribution >= 4 is 17.5 Å². The van der Waals surface area contributed by atoms with Crippen molar-refractivity contribution in [1.29, 1.82) is 0 Å². The largest absolute Gasteiger partial charge is 0.349 e. The van der Waals surface area contributed by atoms with Gasteiger partial charge in [0.2, 0.25) is 5.95 Å². The first kappa shape index (κ1) is 19.9. The lowest BCUT2D eigenvalue weighted by Gasteiger charge is -2.11. The molecule has 2 N–H and O–H groups in total. The molecule has 0 radical (unpaired) electrons. The lowest BCUT2D eigenvalue weighted by atomic mass is 10.0. The first-order chi connectivity index (χ1) is 15.6. The van der Waals surface area contributed by atoms with Gasteiger partial charge in [0.15, 0.2) is 0 Å². The van der Waals surface area contributed by atoms with Crippen LogP contribution >= 0.6 is 0 Å². The van der Waals surface area contributed by atoms with Crippen molar-refractivity contribution in [3.63, 3.8) is 0 Å². The topological polar surface area (TPSA) is 79.8 Å². The number of carbonyl (C=O) groups excluding carboxylic acids is 1. The van der Waals surface area contributed by atoms with Gasteiger partial charge in [-0.1, -0.05) is 48.5 Å². The maximum absolute atomic E-state index is 13.1. The van der Waals surface area contributed by atoms with E-state index in [0.29, 0.717) is 12.5 Å². The summed E-state index contributed by atoms with van der Waals surface area (Å²) < 4.78 is 0. The number of nitrogens with one attached hydrogen (secondary N) is 2. The number of benzene rings is 3. The second kappa shape index (κ2) is 8.23. The summed E-state index contributed by atoms with van der Waals surface area (Å²) in [7, 11) is 0. The summed E-state index contributed by atoms with van der Waals surface area (Å²) in [6.07, 6.45) is 0.781. The van der Waals surface area contributed by atoms with Gasteiger partial charge in [-0.3, -0.25) is 4.79 Å². The smallest absolute Gasteiger partial charge is 0.255 e. The summed E-state index contributed by atoms with van der Waals surface area (Å²) in [5, 5.41) is 14.4. The highest BCUT2D eigenvalue weighted by Gasteiger charge is 2.23. The van der Waals surface area contributed by atoms with Gasteiger partial charge in [0, 0.05) is 17.8 Å². The molecule has 3 aromatic carbocycles. The van der Waals surface area contributed by atoms with Gasteiger partial charge in [-0.05, 0) is 66.3 Å². The molecule has 1 aliphatic carbocycles. The Kier molecular flexibility index (Phi) is 5.11. The molecule has 6 nitrogen and oxygen atoms in total. The van der Waals surface area contributed by atoms with Gasteiger partial charge in [-0.25, -0.2) is 4.98 Å². The number of aromatic nitrogens is 3. The number of aryl methyl sites for hydroxylation is 2. The van der Waals surface area contributed by atoms with Gasteiger partial charge >= 0.3 is 0 Å². The molecule has 0 bridgehead atoms. The van der Waals surface area contributed by atoms with Crippen LogP contribution in [-0.4, -0.2) is 21.1 Å². The summed E-state index contributed by atoms with van der Waals surface area (Å²) >= 11 is 0. The average molecular weight is 422 g/mol. The van der Waals surface area contributed by atoms with E-state index in [-0.39, 0.29) is 5.91 Å². The van der Waals surface area contributed by atoms with Crippen LogP contribution in [0.25, 0.3) is 11.1 Å². The molecule has 6 heteroatoms. The standard InChI is InChI=1S/C26H23N5O/c1-16-17(2)30-31-26(28-16)27-15-18-7-5-9-20(13-18)29-25(32)23-12-6-11-22-21-10-4-3-8-19(21)14-24(22)23/h3-13H,14-15H2,1-2H3,(H,29,32)(H,27,28,31). The summed E-state index contributed by atoms with van der Waals surface area (Å²) in [4.78, 5) is 17.5. The Balaban J connectivity index is 1.31. The van der Waals surface area contributed by atoms with Crippen molar-refractivity contribution in [2.75, 3.05) is 10.6 Å². The van der Waals surface area contributed by atoms with Crippen LogP contribution in [0, 0.1) is 13.8 Å². The number of nitrogens with zero attached hydrogens (tertiary/aromatic N) is 3. The highest BCUT2D eigenvalue weighted by atomic mass is 16.1. The van der Waals surface area contributed by atoms with Gasteiger partial charge in [-0.15, -0.1) is 5.10 Å². The Hall–Kier alpha value is -4.06. The first-order valence-corrected chi connectivity index (χ1v) is 10.6. The molecule has 0 unspecified atom stereocenters. The summed E-state index contributed by atoms with van der Waals surface area (Å²) in [6.45, 7) is 4.32. The van der Waals surface area contributed by atoms with E-state index >= 15 is 0 Å². The molecule has 0 saturated heterocycles. The predicted octanol–water partition coefficient (Wildman–Crippen LogP) is 4.92. The number of fused-ring (bicyclic) bond motifs is 3. The van der Waals surface area contributed by atoms with E-state index in [9.17, 15) is 4.79 Å². The lowest BCUT2D eigenvalue weighted by molar-refractivity contribution is 0.102. The number of hydrogen-bond acceptors (Lipinski definition) is 5. The molecule has 0 saturated carbocycles. The van der Waals surface area contributed by atoms with E-state index < -0.39 is 0 Å². The number of anilines is 2. The fraction of sp³-hybridized carbons (Fsp3) is 0.154. The molecule has 1 heterocycles. The summed E-state index contributed by atoms with van der Waals surface area (Å²) in [6, 6.07) is 22.0. The quantitative estimate of drug-likeness (QED) is 0.421. The van der Waals surface area contributed by atoms with Crippen LogP contribution in [0.5, 0.6) is 0 Å². The maximum Gasteiger partial charge on any atom is 0.255 e. The molecule has 0 atom stereocenters. The van der Waals surface area contributed by atoms with Crippen LogP contribution in [0.1, 0.15) is 38.4 Å². The van der Waals surface area contributed by atoms with E-state index in [1.165, 1.54) is 11.1 Å². The third-order valence-electron chi connectivity index (χ3n) is 5.82.